The van der Waals surface area contributed by atoms with Crippen molar-refractivity contribution in [2.45, 2.75) is 46.0 Å². The van der Waals surface area contributed by atoms with Gasteiger partial charge >= 0.3 is 6.01 Å². The van der Waals surface area contributed by atoms with Crippen LogP contribution in [0.5, 0.6) is 5.75 Å². The maximum Gasteiger partial charge on any atom is 0.307 e. The van der Waals surface area contributed by atoms with E-state index < -0.39 is 0 Å². The lowest BCUT2D eigenvalue weighted by molar-refractivity contribution is 0.305. The number of hydrogen-bond acceptors (Lipinski definition) is 4. The maximum absolute atomic E-state index is 6.15. The molecule has 0 N–H and O–H groups in total. The van der Waals surface area contributed by atoms with E-state index in [-0.39, 0.29) is 5.41 Å². The molecular weight excluding hydrogens is 422 g/mol. The van der Waals surface area contributed by atoms with E-state index in [0.29, 0.717) is 24.1 Å². The van der Waals surface area contributed by atoms with Crippen molar-refractivity contribution in [3.05, 3.63) is 83.1 Å². The molecule has 0 spiro atoms. The molecule has 4 aromatic rings. The third-order valence-corrected chi connectivity index (χ3v) is 5.62. The van der Waals surface area contributed by atoms with Gasteiger partial charge in [-0.05, 0) is 48.6 Å². The number of aryl methyl sites for hydroxylation is 2. The number of benzene rings is 2. The highest BCUT2D eigenvalue weighted by molar-refractivity contribution is 6.30. The standard InChI is InChI=1S/C26H28ClN3O2/c1-18-28-15-16-30(18)25-29-24(19-7-11-21(27)12-8-19)23(32-25)6-5-17-31-22-13-9-20(10-14-22)26(2,3)4/h7-16H,5-6,17H2,1-4H3. The van der Waals surface area contributed by atoms with E-state index in [9.17, 15) is 0 Å². The summed E-state index contributed by atoms with van der Waals surface area (Å²) < 4.78 is 14.0. The van der Waals surface area contributed by atoms with Gasteiger partial charge in [0, 0.05) is 29.4 Å². The van der Waals surface area contributed by atoms with Crippen molar-refractivity contribution < 1.29 is 9.15 Å². The highest BCUT2D eigenvalue weighted by Gasteiger charge is 2.17. The molecule has 0 aliphatic heterocycles. The SMILES string of the molecule is Cc1nccn1-c1nc(-c2ccc(Cl)cc2)c(CCCOc2ccc(C(C)(C)C)cc2)o1. The van der Waals surface area contributed by atoms with Crippen LogP contribution in [0.3, 0.4) is 0 Å². The van der Waals surface area contributed by atoms with Crippen molar-refractivity contribution in [1.82, 2.24) is 14.5 Å². The molecule has 6 heteroatoms. The molecule has 0 saturated heterocycles. The molecule has 5 nitrogen and oxygen atoms in total. The zero-order valence-electron chi connectivity index (χ0n) is 18.9. The van der Waals surface area contributed by atoms with Crippen molar-refractivity contribution in [3.8, 4) is 23.0 Å². The lowest BCUT2D eigenvalue weighted by atomic mass is 9.87. The molecule has 166 valence electrons. The number of rotatable bonds is 7. The van der Waals surface area contributed by atoms with Crippen LogP contribution in [0.1, 0.15) is 44.3 Å². The van der Waals surface area contributed by atoms with E-state index in [1.54, 1.807) is 6.20 Å². The molecule has 0 amide bonds. The van der Waals surface area contributed by atoms with E-state index in [2.05, 4.69) is 37.9 Å². The molecule has 0 fully saturated rings. The molecule has 4 rings (SSSR count). The average molecular weight is 450 g/mol. The van der Waals surface area contributed by atoms with Crippen LogP contribution in [0.15, 0.2) is 65.3 Å². The molecule has 0 aliphatic rings. The number of aromatic nitrogens is 3. The second-order valence-electron chi connectivity index (χ2n) is 8.85. The molecule has 0 atom stereocenters. The Balaban J connectivity index is 1.47. The molecule has 2 heterocycles. The molecule has 2 aromatic heterocycles. The van der Waals surface area contributed by atoms with Gasteiger partial charge in [0.25, 0.3) is 0 Å². The van der Waals surface area contributed by atoms with Crippen molar-refractivity contribution in [2.75, 3.05) is 6.61 Å². The summed E-state index contributed by atoms with van der Waals surface area (Å²) in [4.78, 5) is 9.03. The zero-order valence-corrected chi connectivity index (χ0v) is 19.7. The summed E-state index contributed by atoms with van der Waals surface area (Å²) in [5.41, 5.74) is 3.21. The minimum absolute atomic E-state index is 0.133. The first-order valence-electron chi connectivity index (χ1n) is 10.8. The number of ether oxygens (including phenoxy) is 1. The monoisotopic (exact) mass is 449 g/mol. The summed E-state index contributed by atoms with van der Waals surface area (Å²) in [5, 5.41) is 0.690. The fourth-order valence-electron chi connectivity index (χ4n) is 3.50. The summed E-state index contributed by atoms with van der Waals surface area (Å²) in [6, 6.07) is 16.5. The Hall–Kier alpha value is -3.05. The Bertz CT molecular complexity index is 1170. The fraction of sp³-hybridized carbons (Fsp3) is 0.308. The lowest BCUT2D eigenvalue weighted by Gasteiger charge is -2.19. The number of oxazole rings is 1. The van der Waals surface area contributed by atoms with Gasteiger partial charge in [-0.3, -0.25) is 4.57 Å². The Morgan fingerprint density at radius 1 is 1.03 bits per heavy atom. The average Bonchev–Trinajstić information content (AvgIpc) is 3.37. The predicted molar refractivity (Wildman–Crippen MR) is 128 cm³/mol. The smallest absolute Gasteiger partial charge is 0.307 e. The molecule has 0 bridgehead atoms. The second kappa shape index (κ2) is 9.21. The topological polar surface area (TPSA) is 53.1 Å². The van der Waals surface area contributed by atoms with Crippen LogP contribution in [-0.4, -0.2) is 21.1 Å². The van der Waals surface area contributed by atoms with E-state index in [1.165, 1.54) is 5.56 Å². The van der Waals surface area contributed by atoms with E-state index in [4.69, 9.17) is 25.7 Å². The third-order valence-electron chi connectivity index (χ3n) is 5.37. The number of hydrogen-bond donors (Lipinski definition) is 0. The second-order valence-corrected chi connectivity index (χ2v) is 9.28. The van der Waals surface area contributed by atoms with Crippen molar-refractivity contribution in [2.24, 2.45) is 0 Å². The zero-order chi connectivity index (χ0) is 22.7. The summed E-state index contributed by atoms with van der Waals surface area (Å²) in [5.74, 6) is 2.52. The van der Waals surface area contributed by atoms with E-state index >= 15 is 0 Å². The van der Waals surface area contributed by atoms with Crippen LogP contribution in [0.25, 0.3) is 17.3 Å². The molecule has 0 saturated carbocycles. The van der Waals surface area contributed by atoms with E-state index in [0.717, 1.165) is 35.0 Å². The number of imidazole rings is 1. The highest BCUT2D eigenvalue weighted by Crippen LogP contribution is 2.29. The van der Waals surface area contributed by atoms with Gasteiger partial charge in [0.2, 0.25) is 0 Å². The van der Waals surface area contributed by atoms with Crippen molar-refractivity contribution >= 4 is 11.6 Å². The molecule has 2 aromatic carbocycles. The summed E-state index contributed by atoms with van der Waals surface area (Å²) in [6.07, 6.45) is 5.10. The van der Waals surface area contributed by atoms with Crippen LogP contribution in [-0.2, 0) is 11.8 Å². The van der Waals surface area contributed by atoms with Gasteiger partial charge in [-0.1, -0.05) is 56.6 Å². The van der Waals surface area contributed by atoms with Crippen LogP contribution >= 0.6 is 11.6 Å². The van der Waals surface area contributed by atoms with Gasteiger partial charge < -0.3 is 9.15 Å². The first-order valence-corrected chi connectivity index (χ1v) is 11.2. The van der Waals surface area contributed by atoms with Gasteiger partial charge in [0.1, 0.15) is 23.0 Å². The van der Waals surface area contributed by atoms with Crippen molar-refractivity contribution in [3.63, 3.8) is 0 Å². The Kier molecular flexibility index (Phi) is 6.38. The van der Waals surface area contributed by atoms with Crippen LogP contribution in [0.4, 0.5) is 0 Å². The summed E-state index contributed by atoms with van der Waals surface area (Å²) >= 11 is 6.07. The molecule has 0 radical (unpaired) electrons. The van der Waals surface area contributed by atoms with Gasteiger partial charge in [-0.2, -0.15) is 4.98 Å². The van der Waals surface area contributed by atoms with E-state index in [1.807, 2.05) is 54.1 Å². The minimum atomic E-state index is 0.133. The predicted octanol–water partition coefficient (Wildman–Crippen LogP) is 6.80. The minimum Gasteiger partial charge on any atom is -0.494 e. The Morgan fingerprint density at radius 3 is 2.38 bits per heavy atom. The Labute approximate surface area is 194 Å². The van der Waals surface area contributed by atoms with Crippen molar-refractivity contribution in [1.29, 1.82) is 0 Å². The van der Waals surface area contributed by atoms with Crippen LogP contribution < -0.4 is 4.74 Å². The lowest BCUT2D eigenvalue weighted by Crippen LogP contribution is -2.10. The normalized spacial score (nSPS) is 11.7. The molecule has 0 unspecified atom stereocenters. The highest BCUT2D eigenvalue weighted by atomic mass is 35.5. The van der Waals surface area contributed by atoms with Gasteiger partial charge in [0.15, 0.2) is 0 Å². The van der Waals surface area contributed by atoms with Gasteiger partial charge in [-0.25, -0.2) is 4.98 Å². The van der Waals surface area contributed by atoms with Gasteiger partial charge in [-0.15, -0.1) is 0 Å². The number of halogens is 1. The van der Waals surface area contributed by atoms with Crippen LogP contribution in [0.2, 0.25) is 5.02 Å². The first-order chi connectivity index (χ1) is 15.3. The summed E-state index contributed by atoms with van der Waals surface area (Å²) in [7, 11) is 0. The maximum atomic E-state index is 6.15. The van der Waals surface area contributed by atoms with Crippen LogP contribution in [0, 0.1) is 6.92 Å². The largest absolute Gasteiger partial charge is 0.494 e. The third kappa shape index (κ3) is 5.05. The molecular formula is C26H28ClN3O2. The van der Waals surface area contributed by atoms with Gasteiger partial charge in [0.05, 0.1) is 6.61 Å². The Morgan fingerprint density at radius 2 is 1.75 bits per heavy atom. The quantitative estimate of drug-likeness (QED) is 0.291. The fourth-order valence-corrected chi connectivity index (χ4v) is 3.63. The molecule has 32 heavy (non-hydrogen) atoms. The first kappa shape index (κ1) is 22.2. The molecule has 0 aliphatic carbocycles. The number of nitrogens with zero attached hydrogens (tertiary/aromatic N) is 3. The summed E-state index contributed by atoms with van der Waals surface area (Å²) in [6.45, 7) is 9.13.